The number of methoxy groups -OCH3 is 3. The Kier molecular flexibility index (Phi) is 6.69. The van der Waals surface area contributed by atoms with Crippen LogP contribution in [0.15, 0.2) is 12.1 Å². The number of hydrogen-bond donors (Lipinski definition) is 2. The molecule has 7 heteroatoms. The Morgan fingerprint density at radius 1 is 1.29 bits per heavy atom. The largest absolute Gasteiger partial charge is 0.493 e. The fourth-order valence-electron chi connectivity index (χ4n) is 2.71. The maximum absolute atomic E-state index is 12.2. The van der Waals surface area contributed by atoms with Crippen molar-refractivity contribution in [2.24, 2.45) is 0 Å². The minimum atomic E-state index is -0.185. The zero-order chi connectivity index (χ0) is 17.5. The predicted octanol–water partition coefficient (Wildman–Crippen LogP) is 1.27. The highest BCUT2D eigenvalue weighted by Crippen LogP contribution is 2.39. The van der Waals surface area contributed by atoms with Crippen LogP contribution in [0.2, 0.25) is 0 Å². The Hall–Kier alpha value is -1.99. The van der Waals surface area contributed by atoms with Crippen molar-refractivity contribution in [3.8, 4) is 17.2 Å². The highest BCUT2D eigenvalue weighted by molar-refractivity contribution is 5.77. The molecule has 0 spiro atoms. The zero-order valence-electron chi connectivity index (χ0n) is 14.7. The third-order valence-corrected chi connectivity index (χ3v) is 3.99. The molecule has 1 aliphatic heterocycles. The predicted molar refractivity (Wildman–Crippen MR) is 89.9 cm³/mol. The lowest BCUT2D eigenvalue weighted by Gasteiger charge is -2.24. The van der Waals surface area contributed by atoms with Gasteiger partial charge in [0, 0.05) is 19.0 Å². The van der Waals surface area contributed by atoms with Crippen LogP contribution < -0.4 is 24.8 Å². The Bertz CT molecular complexity index is 533. The minimum absolute atomic E-state index is 0.0285. The average molecular weight is 338 g/mol. The van der Waals surface area contributed by atoms with Gasteiger partial charge in [0.1, 0.15) is 0 Å². The molecule has 24 heavy (non-hydrogen) atoms. The third kappa shape index (κ3) is 4.52. The molecule has 1 aliphatic rings. The van der Waals surface area contributed by atoms with Crippen molar-refractivity contribution in [2.75, 3.05) is 41.1 Å². The summed E-state index contributed by atoms with van der Waals surface area (Å²) < 4.78 is 21.4. The number of rotatable bonds is 7. The molecular formula is C17H26N2O5. The molecule has 2 atom stereocenters. The van der Waals surface area contributed by atoms with Gasteiger partial charge in [0.05, 0.1) is 40.6 Å². The Morgan fingerprint density at radius 3 is 2.46 bits per heavy atom. The van der Waals surface area contributed by atoms with E-state index < -0.39 is 0 Å². The van der Waals surface area contributed by atoms with Gasteiger partial charge in [0.2, 0.25) is 11.7 Å². The van der Waals surface area contributed by atoms with Crippen LogP contribution in [0.25, 0.3) is 0 Å². The molecule has 0 radical (unpaired) electrons. The Morgan fingerprint density at radius 2 is 1.96 bits per heavy atom. The van der Waals surface area contributed by atoms with Crippen LogP contribution in [0.5, 0.6) is 17.2 Å². The molecule has 7 nitrogen and oxygen atoms in total. The van der Waals surface area contributed by atoms with Gasteiger partial charge >= 0.3 is 0 Å². The maximum Gasteiger partial charge on any atom is 0.222 e. The van der Waals surface area contributed by atoms with Gasteiger partial charge in [-0.15, -0.1) is 0 Å². The topological polar surface area (TPSA) is 78.1 Å². The van der Waals surface area contributed by atoms with Gasteiger partial charge in [0.15, 0.2) is 11.5 Å². The first kappa shape index (κ1) is 18.4. The summed E-state index contributed by atoms with van der Waals surface area (Å²) in [5.74, 6) is 1.63. The summed E-state index contributed by atoms with van der Waals surface area (Å²) in [6.07, 6.45) is 0.384. The van der Waals surface area contributed by atoms with Crippen LogP contribution in [0.3, 0.4) is 0 Å². The number of benzene rings is 1. The van der Waals surface area contributed by atoms with E-state index in [9.17, 15) is 4.79 Å². The Balaban J connectivity index is 2.05. The molecular weight excluding hydrogens is 312 g/mol. The maximum atomic E-state index is 12.2. The lowest BCUT2D eigenvalue weighted by atomic mass is 10.1. The first-order valence-corrected chi connectivity index (χ1v) is 7.99. The summed E-state index contributed by atoms with van der Waals surface area (Å²) >= 11 is 0. The van der Waals surface area contributed by atoms with Crippen molar-refractivity contribution in [3.05, 3.63) is 17.7 Å². The second-order valence-electron chi connectivity index (χ2n) is 5.68. The fraction of sp³-hybridized carbons (Fsp3) is 0.588. The molecule has 134 valence electrons. The van der Waals surface area contributed by atoms with Gasteiger partial charge in [-0.1, -0.05) is 0 Å². The fourth-order valence-corrected chi connectivity index (χ4v) is 2.71. The molecule has 0 saturated carbocycles. The first-order chi connectivity index (χ1) is 11.6. The number of nitrogens with one attached hydrogen (secondary N) is 2. The third-order valence-electron chi connectivity index (χ3n) is 3.99. The summed E-state index contributed by atoms with van der Waals surface area (Å²) in [6, 6.07) is 3.56. The van der Waals surface area contributed by atoms with Crippen molar-refractivity contribution in [3.63, 3.8) is 0 Å². The molecule has 0 bridgehead atoms. The van der Waals surface area contributed by atoms with Crippen molar-refractivity contribution in [1.29, 1.82) is 0 Å². The van der Waals surface area contributed by atoms with E-state index in [0.29, 0.717) is 36.9 Å². The normalized spacial score (nSPS) is 18.6. The lowest BCUT2D eigenvalue weighted by molar-refractivity contribution is -0.122. The van der Waals surface area contributed by atoms with Crippen LogP contribution in [0.1, 0.15) is 24.9 Å². The number of morpholine rings is 1. The van der Waals surface area contributed by atoms with Crippen LogP contribution in [0, 0.1) is 0 Å². The van der Waals surface area contributed by atoms with Gasteiger partial charge in [-0.25, -0.2) is 0 Å². The van der Waals surface area contributed by atoms with Gasteiger partial charge < -0.3 is 29.6 Å². The van der Waals surface area contributed by atoms with E-state index >= 15 is 0 Å². The van der Waals surface area contributed by atoms with Crippen LogP contribution in [0.4, 0.5) is 0 Å². The van der Waals surface area contributed by atoms with Crippen LogP contribution in [-0.2, 0) is 9.53 Å². The molecule has 1 heterocycles. The summed E-state index contributed by atoms with van der Waals surface area (Å²) in [7, 11) is 4.70. The highest BCUT2D eigenvalue weighted by atomic mass is 16.5. The summed E-state index contributed by atoms with van der Waals surface area (Å²) in [4.78, 5) is 12.2. The minimum Gasteiger partial charge on any atom is -0.493 e. The van der Waals surface area contributed by atoms with E-state index in [4.69, 9.17) is 18.9 Å². The molecule has 1 fully saturated rings. The monoisotopic (exact) mass is 338 g/mol. The number of ether oxygens (including phenoxy) is 4. The van der Waals surface area contributed by atoms with Crippen molar-refractivity contribution < 1.29 is 23.7 Å². The first-order valence-electron chi connectivity index (χ1n) is 7.99. The molecule has 0 aromatic heterocycles. The van der Waals surface area contributed by atoms with E-state index in [2.05, 4.69) is 10.6 Å². The molecule has 1 amide bonds. The number of amides is 1. The van der Waals surface area contributed by atoms with E-state index in [0.717, 1.165) is 12.1 Å². The Labute approximate surface area is 142 Å². The smallest absolute Gasteiger partial charge is 0.222 e. The molecule has 1 aromatic carbocycles. The zero-order valence-corrected chi connectivity index (χ0v) is 14.7. The van der Waals surface area contributed by atoms with Crippen molar-refractivity contribution in [2.45, 2.75) is 25.4 Å². The molecule has 1 saturated heterocycles. The SMILES string of the molecule is COc1cc(C(C)NC(=O)CC2COCCN2)cc(OC)c1OC. The number of carbonyl (C=O) groups is 1. The molecule has 2 N–H and O–H groups in total. The van der Waals surface area contributed by atoms with E-state index in [1.165, 1.54) is 0 Å². The molecule has 2 unspecified atom stereocenters. The summed E-state index contributed by atoms with van der Waals surface area (Å²) in [5.41, 5.74) is 0.880. The van der Waals surface area contributed by atoms with Crippen molar-refractivity contribution >= 4 is 5.91 Å². The second kappa shape index (κ2) is 8.75. The quantitative estimate of drug-likeness (QED) is 0.780. The summed E-state index contributed by atoms with van der Waals surface area (Å²) in [5, 5.41) is 6.27. The molecule has 0 aliphatic carbocycles. The van der Waals surface area contributed by atoms with Gasteiger partial charge in [-0.2, -0.15) is 0 Å². The average Bonchev–Trinajstić information content (AvgIpc) is 2.60. The van der Waals surface area contributed by atoms with Gasteiger partial charge in [-0.3, -0.25) is 4.79 Å². The van der Waals surface area contributed by atoms with Crippen molar-refractivity contribution in [1.82, 2.24) is 10.6 Å². The van der Waals surface area contributed by atoms with Crippen LogP contribution in [-0.4, -0.2) is 53.0 Å². The van der Waals surface area contributed by atoms with Gasteiger partial charge in [-0.05, 0) is 24.6 Å². The highest BCUT2D eigenvalue weighted by Gasteiger charge is 2.20. The molecule has 1 aromatic rings. The lowest BCUT2D eigenvalue weighted by Crippen LogP contribution is -2.44. The standard InChI is InChI=1S/C17H26N2O5/c1-11(19-16(20)9-13-10-24-6-5-18-13)12-7-14(21-2)17(23-4)15(8-12)22-3/h7-8,11,13,18H,5-6,9-10H2,1-4H3,(H,19,20). The van der Waals surface area contributed by atoms with Crippen LogP contribution >= 0.6 is 0 Å². The summed E-state index contributed by atoms with van der Waals surface area (Å²) in [6.45, 7) is 3.95. The van der Waals surface area contributed by atoms with E-state index in [1.54, 1.807) is 21.3 Å². The van der Waals surface area contributed by atoms with E-state index in [1.807, 2.05) is 19.1 Å². The number of carbonyl (C=O) groups excluding carboxylic acids is 1. The van der Waals surface area contributed by atoms with Gasteiger partial charge in [0.25, 0.3) is 0 Å². The van der Waals surface area contributed by atoms with E-state index in [-0.39, 0.29) is 18.0 Å². The second-order valence-corrected chi connectivity index (χ2v) is 5.68. The molecule has 2 rings (SSSR count). The number of hydrogen-bond acceptors (Lipinski definition) is 6.